The van der Waals surface area contributed by atoms with Gasteiger partial charge in [-0.3, -0.25) is 4.79 Å². The number of phenols is 1. The first-order valence-corrected chi connectivity index (χ1v) is 7.73. The maximum atomic E-state index is 12.7. The quantitative estimate of drug-likeness (QED) is 0.824. The average Bonchev–Trinajstić information content (AvgIpc) is 2.91. The van der Waals surface area contributed by atoms with E-state index < -0.39 is 5.97 Å². The number of methoxy groups -OCH3 is 1. The number of phenolic OH excluding ortho intramolecular Hbond substituents is 1. The van der Waals surface area contributed by atoms with Crippen molar-refractivity contribution in [3.63, 3.8) is 0 Å². The highest BCUT2D eigenvalue weighted by atomic mass is 16.5. The van der Waals surface area contributed by atoms with Crippen LogP contribution >= 0.6 is 0 Å². The summed E-state index contributed by atoms with van der Waals surface area (Å²) in [5.41, 5.74) is 2.23. The zero-order valence-corrected chi connectivity index (χ0v) is 14.1. The summed E-state index contributed by atoms with van der Waals surface area (Å²) in [5, 5.41) is 24.1. The smallest absolute Gasteiger partial charge is 0.335 e. The molecule has 2 aromatic carbocycles. The predicted molar refractivity (Wildman–Crippen MR) is 96.6 cm³/mol. The molecule has 0 aromatic heterocycles. The molecule has 7 heteroatoms. The number of ether oxygens (including phenoxy) is 1. The normalized spacial score (nSPS) is 15.3. The van der Waals surface area contributed by atoms with Crippen molar-refractivity contribution < 1.29 is 24.5 Å². The number of rotatable bonds is 4. The van der Waals surface area contributed by atoms with Gasteiger partial charge in [0.1, 0.15) is 0 Å². The third-order valence-electron chi connectivity index (χ3n) is 3.94. The molecule has 0 atom stereocenters. The number of aromatic hydroxyl groups is 1. The van der Waals surface area contributed by atoms with Gasteiger partial charge in [-0.2, -0.15) is 10.1 Å². The van der Waals surface area contributed by atoms with E-state index in [2.05, 4.69) is 5.10 Å². The fraction of sp³-hybridized carbons (Fsp3) is 0.105. The van der Waals surface area contributed by atoms with E-state index in [9.17, 15) is 14.7 Å². The summed E-state index contributed by atoms with van der Waals surface area (Å²) in [5.74, 6) is -1.04. The molecule has 0 radical (unpaired) electrons. The van der Waals surface area contributed by atoms with Gasteiger partial charge in [-0.1, -0.05) is 6.07 Å². The number of carbonyl (C=O) groups excluding carboxylic acids is 1. The van der Waals surface area contributed by atoms with E-state index >= 15 is 0 Å². The fourth-order valence-corrected chi connectivity index (χ4v) is 2.56. The highest BCUT2D eigenvalue weighted by molar-refractivity contribution is 6.32. The van der Waals surface area contributed by atoms with Gasteiger partial charge < -0.3 is 14.9 Å². The number of carbonyl (C=O) groups is 2. The molecule has 1 heterocycles. The highest BCUT2D eigenvalue weighted by Crippen LogP contribution is 2.29. The molecule has 3 rings (SSSR count). The Kier molecular flexibility index (Phi) is 4.45. The number of benzene rings is 2. The van der Waals surface area contributed by atoms with Crippen molar-refractivity contribution in [2.24, 2.45) is 5.10 Å². The highest BCUT2D eigenvalue weighted by Gasteiger charge is 2.28. The first kappa shape index (κ1) is 17.2. The molecule has 0 spiro atoms. The summed E-state index contributed by atoms with van der Waals surface area (Å²) in [6.07, 6.45) is 1.66. The fourth-order valence-electron chi connectivity index (χ4n) is 2.56. The summed E-state index contributed by atoms with van der Waals surface area (Å²) in [6, 6.07) is 10.7. The van der Waals surface area contributed by atoms with E-state index in [1.165, 1.54) is 42.5 Å². The van der Waals surface area contributed by atoms with Gasteiger partial charge in [0, 0.05) is 0 Å². The molecule has 0 saturated carbocycles. The number of hydrazone groups is 1. The van der Waals surface area contributed by atoms with Gasteiger partial charge in [-0.25, -0.2) is 4.79 Å². The van der Waals surface area contributed by atoms with Crippen LogP contribution in [0.4, 0.5) is 5.69 Å². The summed E-state index contributed by atoms with van der Waals surface area (Å²) < 4.78 is 5.07. The van der Waals surface area contributed by atoms with E-state index in [1.807, 2.05) is 0 Å². The van der Waals surface area contributed by atoms with Gasteiger partial charge in [-0.15, -0.1) is 0 Å². The van der Waals surface area contributed by atoms with Gasteiger partial charge in [0.2, 0.25) is 0 Å². The lowest BCUT2D eigenvalue weighted by molar-refractivity contribution is -0.114. The molecular weight excluding hydrogens is 336 g/mol. The molecular formula is C19H16N2O5. The van der Waals surface area contributed by atoms with Crippen LogP contribution in [0.2, 0.25) is 0 Å². The minimum absolute atomic E-state index is 0.0120. The molecule has 1 amide bonds. The number of carboxylic acid groups (broad SMARTS) is 1. The van der Waals surface area contributed by atoms with E-state index in [4.69, 9.17) is 9.84 Å². The van der Waals surface area contributed by atoms with Gasteiger partial charge in [0.25, 0.3) is 5.91 Å². The van der Waals surface area contributed by atoms with Crippen LogP contribution in [-0.4, -0.2) is 34.9 Å². The molecule has 26 heavy (non-hydrogen) atoms. The summed E-state index contributed by atoms with van der Waals surface area (Å²) in [6.45, 7) is 1.72. The molecule has 2 aromatic rings. The largest absolute Gasteiger partial charge is 0.504 e. The SMILES string of the molecule is COc1cc(C=C2C(=O)N(c3ccc(C(=O)O)cc3)N=C2C)ccc1O. The second kappa shape index (κ2) is 6.72. The molecule has 0 aliphatic carbocycles. The summed E-state index contributed by atoms with van der Waals surface area (Å²) in [7, 11) is 1.45. The second-order valence-electron chi connectivity index (χ2n) is 5.64. The molecule has 0 bridgehead atoms. The Morgan fingerprint density at radius 2 is 1.88 bits per heavy atom. The minimum atomic E-state index is -1.04. The third-order valence-corrected chi connectivity index (χ3v) is 3.94. The van der Waals surface area contributed by atoms with E-state index in [1.54, 1.807) is 25.1 Å². The average molecular weight is 352 g/mol. The van der Waals surface area contributed by atoms with Crippen molar-refractivity contribution >= 4 is 29.4 Å². The molecule has 0 saturated heterocycles. The first-order chi connectivity index (χ1) is 12.4. The molecule has 7 nitrogen and oxygen atoms in total. The Bertz CT molecular complexity index is 945. The molecule has 2 N–H and O–H groups in total. The van der Waals surface area contributed by atoms with Gasteiger partial charge in [-0.05, 0) is 55.0 Å². The number of aromatic carboxylic acids is 1. The van der Waals surface area contributed by atoms with Crippen LogP contribution in [0.25, 0.3) is 6.08 Å². The van der Waals surface area contributed by atoms with Crippen LogP contribution in [0, 0.1) is 0 Å². The van der Waals surface area contributed by atoms with Crippen LogP contribution in [-0.2, 0) is 4.79 Å². The maximum Gasteiger partial charge on any atom is 0.335 e. The lowest BCUT2D eigenvalue weighted by Gasteiger charge is -2.11. The van der Waals surface area contributed by atoms with Crippen molar-refractivity contribution in [1.82, 2.24) is 0 Å². The molecule has 1 aliphatic rings. The lowest BCUT2D eigenvalue weighted by Crippen LogP contribution is -2.21. The molecule has 1 aliphatic heterocycles. The van der Waals surface area contributed by atoms with Crippen molar-refractivity contribution in [1.29, 1.82) is 0 Å². The standard InChI is InChI=1S/C19H16N2O5/c1-11-15(9-12-3-8-16(22)17(10-12)26-2)18(23)21(20-11)14-6-4-13(5-7-14)19(24)25/h3-10,22H,1-2H3,(H,24,25). The van der Waals surface area contributed by atoms with Crippen LogP contribution in [0.15, 0.2) is 53.1 Å². The third kappa shape index (κ3) is 3.14. The number of anilines is 1. The second-order valence-corrected chi connectivity index (χ2v) is 5.64. The molecule has 132 valence electrons. The van der Waals surface area contributed by atoms with Crippen molar-refractivity contribution in [3.8, 4) is 11.5 Å². The van der Waals surface area contributed by atoms with Crippen molar-refractivity contribution in [2.45, 2.75) is 6.92 Å². The monoisotopic (exact) mass is 352 g/mol. The van der Waals surface area contributed by atoms with E-state index in [-0.39, 0.29) is 17.2 Å². The Hall–Kier alpha value is -3.61. The Morgan fingerprint density at radius 1 is 1.19 bits per heavy atom. The first-order valence-electron chi connectivity index (χ1n) is 7.73. The van der Waals surface area contributed by atoms with E-state index in [0.717, 1.165) is 0 Å². The number of carboxylic acids is 1. The van der Waals surface area contributed by atoms with Crippen molar-refractivity contribution in [3.05, 3.63) is 59.2 Å². The van der Waals surface area contributed by atoms with Crippen LogP contribution < -0.4 is 9.75 Å². The Morgan fingerprint density at radius 3 is 2.50 bits per heavy atom. The van der Waals surface area contributed by atoms with Crippen LogP contribution in [0.3, 0.4) is 0 Å². The van der Waals surface area contributed by atoms with Crippen molar-refractivity contribution in [2.75, 3.05) is 12.1 Å². The van der Waals surface area contributed by atoms with Gasteiger partial charge in [0.15, 0.2) is 11.5 Å². The lowest BCUT2D eigenvalue weighted by atomic mass is 10.1. The number of hydrogen-bond acceptors (Lipinski definition) is 5. The van der Waals surface area contributed by atoms with E-state index in [0.29, 0.717) is 28.3 Å². The van der Waals surface area contributed by atoms with Gasteiger partial charge in [0.05, 0.1) is 29.6 Å². The summed E-state index contributed by atoms with van der Waals surface area (Å²) in [4.78, 5) is 23.6. The molecule has 0 fully saturated rings. The number of amides is 1. The summed E-state index contributed by atoms with van der Waals surface area (Å²) >= 11 is 0. The zero-order valence-electron chi connectivity index (χ0n) is 14.1. The maximum absolute atomic E-state index is 12.7. The topological polar surface area (TPSA) is 99.4 Å². The van der Waals surface area contributed by atoms with Gasteiger partial charge >= 0.3 is 5.97 Å². The zero-order chi connectivity index (χ0) is 18.8. The van der Waals surface area contributed by atoms with Crippen LogP contribution in [0.5, 0.6) is 11.5 Å². The number of nitrogens with zero attached hydrogens (tertiary/aromatic N) is 2. The Balaban J connectivity index is 1.91. The predicted octanol–water partition coefficient (Wildman–Crippen LogP) is 2.91. The van der Waals surface area contributed by atoms with Crippen LogP contribution in [0.1, 0.15) is 22.8 Å². The minimum Gasteiger partial charge on any atom is -0.504 e. The number of hydrogen-bond donors (Lipinski definition) is 2. The Labute approximate surface area is 149 Å². The molecule has 0 unspecified atom stereocenters.